The molecule has 1 aliphatic rings. The third-order valence-electron chi connectivity index (χ3n) is 6.95. The lowest BCUT2D eigenvalue weighted by Crippen LogP contribution is -2.47. The van der Waals surface area contributed by atoms with E-state index in [-0.39, 0.29) is 17.6 Å². The first-order valence-corrected chi connectivity index (χ1v) is 15.1. The Labute approximate surface area is 249 Å². The van der Waals surface area contributed by atoms with Crippen LogP contribution in [0.25, 0.3) is 0 Å². The summed E-state index contributed by atoms with van der Waals surface area (Å²) in [6.45, 7) is 3.79. The van der Waals surface area contributed by atoms with E-state index in [0.29, 0.717) is 16.9 Å². The van der Waals surface area contributed by atoms with Crippen molar-refractivity contribution >= 4 is 52.4 Å². The molecule has 1 amide bonds. The number of anilines is 2. The molecule has 0 spiro atoms. The number of para-hydroxylation sites is 1. The first kappa shape index (κ1) is 28.3. The van der Waals surface area contributed by atoms with Crippen molar-refractivity contribution in [3.63, 3.8) is 0 Å². The van der Waals surface area contributed by atoms with Crippen LogP contribution in [-0.4, -0.2) is 54.4 Å². The molecule has 2 heterocycles. The molecule has 4 aromatic rings. The number of aromatic nitrogens is 2. The Morgan fingerprint density at radius 1 is 0.825 bits per heavy atom. The summed E-state index contributed by atoms with van der Waals surface area (Å²) in [7, 11) is 0. The second-order valence-corrected chi connectivity index (χ2v) is 11.3. The van der Waals surface area contributed by atoms with Crippen molar-refractivity contribution in [2.45, 2.75) is 17.5 Å². The van der Waals surface area contributed by atoms with Gasteiger partial charge in [0.1, 0.15) is 11.0 Å². The highest BCUT2D eigenvalue weighted by Crippen LogP contribution is 2.29. The molecule has 40 heavy (non-hydrogen) atoms. The molecular weight excluding hydrogens is 561 g/mol. The van der Waals surface area contributed by atoms with Crippen LogP contribution in [-0.2, 0) is 4.79 Å². The van der Waals surface area contributed by atoms with Crippen LogP contribution in [0.4, 0.5) is 11.5 Å². The smallest absolute Gasteiger partial charge is 0.230 e. The van der Waals surface area contributed by atoms with E-state index in [2.05, 4.69) is 68.6 Å². The van der Waals surface area contributed by atoms with Gasteiger partial charge in [0.15, 0.2) is 5.16 Å². The quantitative estimate of drug-likeness (QED) is 0.128. The molecule has 3 aromatic carbocycles. The Morgan fingerprint density at radius 3 is 2.08 bits per heavy atom. The highest BCUT2D eigenvalue weighted by molar-refractivity contribution is 7.99. The number of halogens is 2. The Hall–Kier alpha value is -3.26. The summed E-state index contributed by atoms with van der Waals surface area (Å²) < 4.78 is 0. The van der Waals surface area contributed by atoms with Crippen LogP contribution in [0.1, 0.15) is 23.5 Å². The molecule has 0 atom stereocenters. The minimum Gasteiger partial charge on any atom is -0.367 e. The van der Waals surface area contributed by atoms with Crippen LogP contribution in [0.15, 0.2) is 96.2 Å². The van der Waals surface area contributed by atoms with Crippen LogP contribution in [0, 0.1) is 0 Å². The Kier molecular flexibility index (Phi) is 9.81. The Bertz CT molecular complexity index is 1360. The van der Waals surface area contributed by atoms with E-state index in [4.69, 9.17) is 28.2 Å². The fraction of sp³-hybridized carbons (Fsp3) is 0.258. The third-order valence-corrected chi connectivity index (χ3v) is 8.31. The average Bonchev–Trinajstić information content (AvgIpc) is 2.99. The number of nitrogens with one attached hydrogen (secondary N) is 1. The maximum absolute atomic E-state index is 12.7. The summed E-state index contributed by atoms with van der Waals surface area (Å²) in [5.74, 6) is 1.16. The highest BCUT2D eigenvalue weighted by Gasteiger charge is 2.21. The van der Waals surface area contributed by atoms with Crippen LogP contribution < -0.4 is 15.1 Å². The van der Waals surface area contributed by atoms with Crippen molar-refractivity contribution in [3.05, 3.63) is 112 Å². The van der Waals surface area contributed by atoms with Crippen molar-refractivity contribution in [2.24, 2.45) is 0 Å². The first-order chi connectivity index (χ1) is 19.6. The van der Waals surface area contributed by atoms with E-state index in [0.717, 1.165) is 49.1 Å². The molecule has 0 bridgehead atoms. The van der Waals surface area contributed by atoms with Gasteiger partial charge in [0.25, 0.3) is 0 Å². The maximum Gasteiger partial charge on any atom is 0.230 e. The standard InChI is InChI=1S/C31H31Cl2N5OS/c32-26-13-7-8-14-27(26)37-17-19-38(20-18-37)29-21-28(33)35-31(36-29)40-22-30(39)34-16-15-25(23-9-3-1-4-10-23)24-11-5-2-6-12-24/h1-14,21,25H,15-20,22H2,(H,34,39). The molecule has 9 heteroatoms. The molecule has 0 radical (unpaired) electrons. The van der Waals surface area contributed by atoms with Crippen molar-refractivity contribution in [1.29, 1.82) is 0 Å². The van der Waals surface area contributed by atoms with Crippen LogP contribution in [0.3, 0.4) is 0 Å². The number of hydrogen-bond donors (Lipinski definition) is 1. The largest absolute Gasteiger partial charge is 0.367 e. The molecule has 1 aliphatic heterocycles. The number of thioether (sulfide) groups is 1. The minimum absolute atomic E-state index is 0.0525. The lowest BCUT2D eigenvalue weighted by Gasteiger charge is -2.37. The van der Waals surface area contributed by atoms with Crippen molar-refractivity contribution < 1.29 is 4.79 Å². The van der Waals surface area contributed by atoms with E-state index >= 15 is 0 Å². The van der Waals surface area contributed by atoms with Gasteiger partial charge in [-0.1, -0.05) is 108 Å². The number of hydrogen-bond acceptors (Lipinski definition) is 6. The average molecular weight is 593 g/mol. The van der Waals surface area contributed by atoms with E-state index < -0.39 is 0 Å². The van der Waals surface area contributed by atoms with Gasteiger partial charge in [-0.2, -0.15) is 0 Å². The molecule has 0 unspecified atom stereocenters. The number of nitrogens with zero attached hydrogens (tertiary/aromatic N) is 4. The second-order valence-electron chi connectivity index (χ2n) is 9.56. The van der Waals surface area contributed by atoms with Crippen molar-refractivity contribution in [2.75, 3.05) is 48.3 Å². The van der Waals surface area contributed by atoms with Crippen molar-refractivity contribution in [1.82, 2.24) is 15.3 Å². The molecule has 1 N–H and O–H groups in total. The summed E-state index contributed by atoms with van der Waals surface area (Å²) >= 11 is 14.0. The highest BCUT2D eigenvalue weighted by atomic mass is 35.5. The van der Waals surface area contributed by atoms with Gasteiger partial charge in [0.2, 0.25) is 5.91 Å². The monoisotopic (exact) mass is 591 g/mol. The molecule has 206 valence electrons. The molecule has 5 rings (SSSR count). The lowest BCUT2D eigenvalue weighted by atomic mass is 9.88. The predicted molar refractivity (Wildman–Crippen MR) is 166 cm³/mol. The molecule has 0 aliphatic carbocycles. The molecular formula is C31H31Cl2N5OS. The van der Waals surface area contributed by atoms with Gasteiger partial charge in [-0.25, -0.2) is 9.97 Å². The van der Waals surface area contributed by atoms with E-state index in [1.165, 1.54) is 22.9 Å². The summed E-state index contributed by atoms with van der Waals surface area (Å²) in [5, 5.41) is 4.69. The molecule has 1 saturated heterocycles. The third kappa shape index (κ3) is 7.47. The van der Waals surface area contributed by atoms with Gasteiger partial charge in [-0.15, -0.1) is 0 Å². The first-order valence-electron chi connectivity index (χ1n) is 13.4. The maximum atomic E-state index is 12.7. The Morgan fingerprint density at radius 2 is 1.43 bits per heavy atom. The summed E-state index contributed by atoms with van der Waals surface area (Å²) in [6, 6.07) is 30.5. The van der Waals surface area contributed by atoms with Crippen LogP contribution in [0.2, 0.25) is 10.2 Å². The molecule has 0 saturated carbocycles. The Balaban J connectivity index is 1.13. The summed E-state index contributed by atoms with van der Waals surface area (Å²) in [4.78, 5) is 26.2. The van der Waals surface area contributed by atoms with E-state index in [1.807, 2.05) is 36.4 Å². The SMILES string of the molecule is O=C(CSc1nc(Cl)cc(N2CCN(c3ccccc3Cl)CC2)n1)NCCC(c1ccccc1)c1ccccc1. The summed E-state index contributed by atoms with van der Waals surface area (Å²) in [6.07, 6.45) is 0.808. The fourth-order valence-corrected chi connectivity index (χ4v) is 6.10. The zero-order valence-electron chi connectivity index (χ0n) is 22.0. The molecule has 1 fully saturated rings. The number of rotatable bonds is 10. The minimum atomic E-state index is -0.0525. The number of piperazine rings is 1. The molecule has 6 nitrogen and oxygen atoms in total. The van der Waals surface area contributed by atoms with Gasteiger partial charge in [0.05, 0.1) is 16.5 Å². The fourth-order valence-electron chi connectivity index (χ4n) is 4.93. The molecule has 1 aromatic heterocycles. The zero-order chi connectivity index (χ0) is 27.7. The van der Waals surface area contributed by atoms with Gasteiger partial charge in [0, 0.05) is 44.7 Å². The number of benzene rings is 3. The topological polar surface area (TPSA) is 61.4 Å². The van der Waals surface area contributed by atoms with Crippen LogP contribution in [0.5, 0.6) is 0 Å². The van der Waals surface area contributed by atoms with E-state index in [1.54, 1.807) is 6.07 Å². The number of amides is 1. The predicted octanol–water partition coefficient (Wildman–Crippen LogP) is 6.54. The zero-order valence-corrected chi connectivity index (χ0v) is 24.4. The summed E-state index contributed by atoms with van der Waals surface area (Å²) in [5.41, 5.74) is 3.53. The second kappa shape index (κ2) is 13.9. The normalized spacial score (nSPS) is 13.5. The van der Waals surface area contributed by atoms with Gasteiger partial charge >= 0.3 is 0 Å². The number of carbonyl (C=O) groups excluding carboxylic acids is 1. The van der Waals surface area contributed by atoms with Crippen LogP contribution >= 0.6 is 35.0 Å². The van der Waals surface area contributed by atoms with Crippen molar-refractivity contribution in [3.8, 4) is 0 Å². The lowest BCUT2D eigenvalue weighted by molar-refractivity contribution is -0.118. The van der Waals surface area contributed by atoms with Gasteiger partial charge < -0.3 is 15.1 Å². The van der Waals surface area contributed by atoms with Gasteiger partial charge in [-0.05, 0) is 29.7 Å². The number of carbonyl (C=O) groups is 1. The van der Waals surface area contributed by atoms with E-state index in [9.17, 15) is 4.79 Å². The van der Waals surface area contributed by atoms with Gasteiger partial charge in [-0.3, -0.25) is 4.79 Å².